The summed E-state index contributed by atoms with van der Waals surface area (Å²) in [4.78, 5) is 37.7. The maximum absolute atomic E-state index is 14.1. The standard InChI is InChI=1S/C30H40N8O3/c1-19(20-6-8-22(9-7-20)27-32-12-5-13-33-27)34-28(40)25-16-23(39)17-37(25)29(41)26(30(2,3)4)38-18-24(35-36-38)21-10-14-31-15-11-21/h5-9,12-13,18-19,21,23,25-26,31,39H,10-11,14-17H2,1-4H3,(H,34,40)/t19-,23+,25-,26+/m0/s1. The van der Waals surface area contributed by atoms with Crippen molar-refractivity contribution in [3.63, 3.8) is 0 Å². The Morgan fingerprint density at radius 3 is 2.44 bits per heavy atom. The summed E-state index contributed by atoms with van der Waals surface area (Å²) in [6, 6.07) is 7.73. The molecular formula is C30H40N8O3. The fourth-order valence-electron chi connectivity index (χ4n) is 5.83. The molecule has 3 N–H and O–H groups in total. The van der Waals surface area contributed by atoms with Crippen LogP contribution >= 0.6 is 0 Å². The molecule has 2 aliphatic rings. The SMILES string of the molecule is C[C@H](NC(=O)[C@@H]1C[C@@H](O)CN1C(=O)[C@@H](n1cc(C2CCNCC2)nn1)C(C)(C)C)c1ccc(-c2ncccn2)cc1. The van der Waals surface area contributed by atoms with E-state index in [-0.39, 0.29) is 30.8 Å². The highest BCUT2D eigenvalue weighted by molar-refractivity contribution is 5.90. The molecule has 11 nitrogen and oxygen atoms in total. The minimum absolute atomic E-state index is 0.0967. The van der Waals surface area contributed by atoms with E-state index in [2.05, 4.69) is 30.9 Å². The number of nitrogens with one attached hydrogen (secondary N) is 2. The first-order valence-corrected chi connectivity index (χ1v) is 14.4. The average Bonchev–Trinajstić information content (AvgIpc) is 3.60. The Kier molecular flexibility index (Phi) is 8.46. The summed E-state index contributed by atoms with van der Waals surface area (Å²) in [5.41, 5.74) is 2.19. The normalized spacial score (nSPS) is 21.4. The quantitative estimate of drug-likeness (QED) is 0.401. The highest BCUT2D eigenvalue weighted by Gasteiger charge is 2.45. The summed E-state index contributed by atoms with van der Waals surface area (Å²) in [6.45, 7) is 9.82. The Morgan fingerprint density at radius 2 is 1.78 bits per heavy atom. The second-order valence-corrected chi connectivity index (χ2v) is 12.2. The third-order valence-corrected chi connectivity index (χ3v) is 8.06. The molecule has 0 unspecified atom stereocenters. The van der Waals surface area contributed by atoms with Crippen molar-refractivity contribution < 1.29 is 14.7 Å². The van der Waals surface area contributed by atoms with Gasteiger partial charge in [-0.25, -0.2) is 14.6 Å². The van der Waals surface area contributed by atoms with Crippen molar-refractivity contribution in [3.8, 4) is 11.4 Å². The molecule has 0 saturated carbocycles. The zero-order valence-corrected chi connectivity index (χ0v) is 24.2. The van der Waals surface area contributed by atoms with Gasteiger partial charge >= 0.3 is 0 Å². The molecule has 2 aliphatic heterocycles. The van der Waals surface area contributed by atoms with Crippen molar-refractivity contribution in [1.82, 2.24) is 40.5 Å². The van der Waals surface area contributed by atoms with E-state index in [1.807, 2.05) is 58.2 Å². The lowest BCUT2D eigenvalue weighted by Gasteiger charge is -2.35. The van der Waals surface area contributed by atoms with Crippen LogP contribution in [0.25, 0.3) is 11.4 Å². The summed E-state index contributed by atoms with van der Waals surface area (Å²) < 4.78 is 1.65. The summed E-state index contributed by atoms with van der Waals surface area (Å²) >= 11 is 0. The number of rotatable bonds is 7. The van der Waals surface area contributed by atoms with E-state index in [0.29, 0.717) is 11.7 Å². The number of likely N-dealkylation sites (tertiary alicyclic amines) is 1. The van der Waals surface area contributed by atoms with Gasteiger partial charge in [-0.05, 0) is 49.9 Å². The van der Waals surface area contributed by atoms with Crippen LogP contribution in [0.15, 0.2) is 48.9 Å². The number of carbonyl (C=O) groups excluding carboxylic acids is 2. The first-order chi connectivity index (χ1) is 19.6. The molecule has 2 amide bonds. The zero-order valence-electron chi connectivity index (χ0n) is 24.2. The van der Waals surface area contributed by atoms with Gasteiger partial charge < -0.3 is 20.6 Å². The molecule has 5 rings (SSSR count). The Hall–Kier alpha value is -3.70. The third-order valence-electron chi connectivity index (χ3n) is 8.06. The second kappa shape index (κ2) is 12.0. The molecule has 2 fully saturated rings. The van der Waals surface area contributed by atoms with Crippen molar-refractivity contribution in [2.45, 2.75) is 77.1 Å². The highest BCUT2D eigenvalue weighted by Crippen LogP contribution is 2.35. The summed E-state index contributed by atoms with van der Waals surface area (Å²) in [5, 5.41) is 25.8. The van der Waals surface area contributed by atoms with Crippen LogP contribution in [0.2, 0.25) is 0 Å². The Labute approximate surface area is 240 Å². The first kappa shape index (κ1) is 28.8. The third kappa shape index (κ3) is 6.46. The molecular weight excluding hydrogens is 520 g/mol. The van der Waals surface area contributed by atoms with Gasteiger partial charge in [0, 0.05) is 43.0 Å². The van der Waals surface area contributed by atoms with Crippen molar-refractivity contribution in [2.24, 2.45) is 5.41 Å². The van der Waals surface area contributed by atoms with Crippen molar-refractivity contribution in [3.05, 3.63) is 60.2 Å². The Morgan fingerprint density at radius 1 is 1.10 bits per heavy atom. The number of aliphatic hydroxyl groups is 1. The van der Waals surface area contributed by atoms with Gasteiger partial charge in [-0.1, -0.05) is 50.3 Å². The molecule has 4 heterocycles. The largest absolute Gasteiger partial charge is 0.391 e. The van der Waals surface area contributed by atoms with Gasteiger partial charge in [0.15, 0.2) is 5.82 Å². The predicted octanol–water partition coefficient (Wildman–Crippen LogP) is 2.63. The number of piperidine rings is 1. The lowest BCUT2D eigenvalue weighted by molar-refractivity contribution is -0.144. The van der Waals surface area contributed by atoms with Gasteiger partial charge in [0.2, 0.25) is 11.8 Å². The number of benzene rings is 1. The number of amides is 2. The van der Waals surface area contributed by atoms with Gasteiger partial charge in [-0.2, -0.15) is 0 Å². The van der Waals surface area contributed by atoms with Crippen LogP contribution in [0.1, 0.15) is 76.2 Å². The molecule has 0 bridgehead atoms. The lowest BCUT2D eigenvalue weighted by Crippen LogP contribution is -2.50. The number of hydrogen-bond donors (Lipinski definition) is 3. The van der Waals surface area contributed by atoms with Crippen molar-refractivity contribution in [1.29, 1.82) is 0 Å². The summed E-state index contributed by atoms with van der Waals surface area (Å²) in [7, 11) is 0. The molecule has 41 heavy (non-hydrogen) atoms. The van der Waals surface area contributed by atoms with Crippen LogP contribution in [0.3, 0.4) is 0 Å². The van der Waals surface area contributed by atoms with E-state index in [1.54, 1.807) is 23.1 Å². The molecule has 4 atom stereocenters. The Balaban J connectivity index is 1.30. The van der Waals surface area contributed by atoms with E-state index in [0.717, 1.165) is 42.8 Å². The van der Waals surface area contributed by atoms with Crippen molar-refractivity contribution in [2.75, 3.05) is 19.6 Å². The maximum Gasteiger partial charge on any atom is 0.248 e. The van der Waals surface area contributed by atoms with E-state index in [4.69, 9.17) is 0 Å². The highest BCUT2D eigenvalue weighted by atomic mass is 16.3. The van der Waals surface area contributed by atoms with Gasteiger partial charge in [-0.3, -0.25) is 9.59 Å². The molecule has 0 radical (unpaired) electrons. The summed E-state index contributed by atoms with van der Waals surface area (Å²) in [6.07, 6.45) is 6.64. The number of aromatic nitrogens is 5. The number of β-amino-alcohol motifs (C(OH)–C–C–N with tert-alkyl or cyclic N) is 1. The second-order valence-electron chi connectivity index (χ2n) is 12.2. The van der Waals surface area contributed by atoms with Gasteiger partial charge in [0.1, 0.15) is 12.1 Å². The van der Waals surface area contributed by atoms with Crippen LogP contribution < -0.4 is 10.6 Å². The maximum atomic E-state index is 14.1. The van der Waals surface area contributed by atoms with E-state index < -0.39 is 23.6 Å². The first-order valence-electron chi connectivity index (χ1n) is 14.4. The van der Waals surface area contributed by atoms with Crippen LogP contribution in [-0.4, -0.2) is 78.6 Å². The molecule has 1 aromatic carbocycles. The van der Waals surface area contributed by atoms with Gasteiger partial charge in [0.25, 0.3) is 0 Å². The Bertz CT molecular complexity index is 1330. The zero-order chi connectivity index (χ0) is 29.1. The monoisotopic (exact) mass is 560 g/mol. The molecule has 2 saturated heterocycles. The molecule has 0 aliphatic carbocycles. The fraction of sp³-hybridized carbons (Fsp3) is 0.533. The average molecular weight is 561 g/mol. The van der Waals surface area contributed by atoms with Crippen LogP contribution in [0, 0.1) is 5.41 Å². The van der Waals surface area contributed by atoms with Crippen molar-refractivity contribution >= 4 is 11.8 Å². The smallest absolute Gasteiger partial charge is 0.248 e. The number of carbonyl (C=O) groups is 2. The minimum atomic E-state index is -0.783. The van der Waals surface area contributed by atoms with Gasteiger partial charge in [0.05, 0.1) is 17.8 Å². The summed E-state index contributed by atoms with van der Waals surface area (Å²) in [5.74, 6) is 0.410. The molecule has 3 aromatic rings. The fourth-order valence-corrected chi connectivity index (χ4v) is 5.83. The molecule has 218 valence electrons. The molecule has 2 aromatic heterocycles. The molecule has 11 heteroatoms. The number of hydrogen-bond acceptors (Lipinski definition) is 8. The number of nitrogens with zero attached hydrogens (tertiary/aromatic N) is 6. The predicted molar refractivity (Wildman–Crippen MR) is 154 cm³/mol. The van der Waals surface area contributed by atoms with Crippen LogP contribution in [0.4, 0.5) is 0 Å². The lowest BCUT2D eigenvalue weighted by atomic mass is 9.85. The topological polar surface area (TPSA) is 138 Å². The minimum Gasteiger partial charge on any atom is -0.391 e. The number of aliphatic hydroxyl groups excluding tert-OH is 1. The van der Waals surface area contributed by atoms with Crippen LogP contribution in [0.5, 0.6) is 0 Å². The van der Waals surface area contributed by atoms with E-state index in [1.165, 1.54) is 4.90 Å². The van der Waals surface area contributed by atoms with E-state index in [9.17, 15) is 14.7 Å². The van der Waals surface area contributed by atoms with Gasteiger partial charge in [-0.15, -0.1) is 5.10 Å². The molecule has 0 spiro atoms. The van der Waals surface area contributed by atoms with E-state index >= 15 is 0 Å². The van der Waals surface area contributed by atoms with Crippen LogP contribution in [-0.2, 0) is 9.59 Å².